The van der Waals surface area contributed by atoms with Crippen molar-refractivity contribution in [3.63, 3.8) is 0 Å². The van der Waals surface area contributed by atoms with Crippen LogP contribution < -0.4 is 10.5 Å². The first-order valence-corrected chi connectivity index (χ1v) is 5.75. The van der Waals surface area contributed by atoms with Crippen molar-refractivity contribution in [2.75, 3.05) is 20.3 Å². The van der Waals surface area contributed by atoms with E-state index in [4.69, 9.17) is 15.2 Å². The van der Waals surface area contributed by atoms with E-state index in [9.17, 15) is 0 Å². The fraction of sp³-hybridized carbons (Fsp3) is 0.538. The molecule has 0 bridgehead atoms. The molecule has 0 aliphatic carbocycles. The van der Waals surface area contributed by atoms with Crippen molar-refractivity contribution in [3.8, 4) is 5.75 Å². The lowest BCUT2D eigenvalue weighted by Crippen LogP contribution is -2.11. The van der Waals surface area contributed by atoms with E-state index in [1.54, 1.807) is 7.11 Å². The van der Waals surface area contributed by atoms with Crippen LogP contribution in [0.5, 0.6) is 5.75 Å². The summed E-state index contributed by atoms with van der Waals surface area (Å²) in [6, 6.07) is 7.99. The van der Waals surface area contributed by atoms with Gasteiger partial charge >= 0.3 is 0 Å². The molecule has 0 radical (unpaired) electrons. The van der Waals surface area contributed by atoms with Gasteiger partial charge in [0.1, 0.15) is 5.75 Å². The Balaban J connectivity index is 2.42. The molecule has 0 aliphatic heterocycles. The molecule has 2 N–H and O–H groups in total. The number of benzene rings is 1. The maximum atomic E-state index is 6.09. The first-order valence-electron chi connectivity index (χ1n) is 5.75. The van der Waals surface area contributed by atoms with Crippen molar-refractivity contribution < 1.29 is 9.47 Å². The molecule has 3 nitrogen and oxygen atoms in total. The molecule has 1 atom stereocenters. The van der Waals surface area contributed by atoms with E-state index in [0.717, 1.165) is 37.4 Å². The molecule has 90 valence electrons. The second-order valence-corrected chi connectivity index (χ2v) is 3.72. The summed E-state index contributed by atoms with van der Waals surface area (Å²) < 4.78 is 10.5. The zero-order valence-electron chi connectivity index (χ0n) is 10.1. The lowest BCUT2D eigenvalue weighted by molar-refractivity contribution is 0.142. The summed E-state index contributed by atoms with van der Waals surface area (Å²) in [5.41, 5.74) is 7.21. The van der Waals surface area contributed by atoms with Crippen LogP contribution in [0.1, 0.15) is 31.4 Å². The number of ether oxygens (including phenoxy) is 2. The van der Waals surface area contributed by atoms with Crippen LogP contribution in [-0.2, 0) is 4.74 Å². The molecule has 0 amide bonds. The smallest absolute Gasteiger partial charge is 0.119 e. The van der Waals surface area contributed by atoms with Crippen LogP contribution in [0, 0.1) is 0 Å². The van der Waals surface area contributed by atoms with Crippen LogP contribution in [-0.4, -0.2) is 20.3 Å². The minimum atomic E-state index is 0.0653. The fourth-order valence-corrected chi connectivity index (χ4v) is 1.59. The largest absolute Gasteiger partial charge is 0.497 e. The summed E-state index contributed by atoms with van der Waals surface area (Å²) in [5, 5.41) is 0. The Kier molecular flexibility index (Phi) is 5.90. The van der Waals surface area contributed by atoms with Gasteiger partial charge in [0.25, 0.3) is 0 Å². The Morgan fingerprint density at radius 2 is 2.19 bits per heavy atom. The standard InChI is InChI=1S/C13H21NO2/c1-3-16-9-5-8-13(14)11-6-4-7-12(10-11)15-2/h4,6-7,10,13H,3,5,8-9,14H2,1-2H3. The van der Waals surface area contributed by atoms with Gasteiger partial charge in [0, 0.05) is 19.3 Å². The topological polar surface area (TPSA) is 44.5 Å². The van der Waals surface area contributed by atoms with Gasteiger partial charge in [0.05, 0.1) is 7.11 Å². The van der Waals surface area contributed by atoms with Crippen molar-refractivity contribution in [3.05, 3.63) is 29.8 Å². The van der Waals surface area contributed by atoms with Gasteiger partial charge in [0.2, 0.25) is 0 Å². The third kappa shape index (κ3) is 4.21. The van der Waals surface area contributed by atoms with Gasteiger partial charge < -0.3 is 15.2 Å². The molecule has 0 spiro atoms. The Hall–Kier alpha value is -1.06. The van der Waals surface area contributed by atoms with Gasteiger partial charge in [-0.2, -0.15) is 0 Å². The Bertz CT molecular complexity index is 302. The summed E-state index contributed by atoms with van der Waals surface area (Å²) in [4.78, 5) is 0. The van der Waals surface area contributed by atoms with Crippen molar-refractivity contribution >= 4 is 0 Å². The molecular formula is C13H21NO2. The van der Waals surface area contributed by atoms with Crippen LogP contribution in [0.15, 0.2) is 24.3 Å². The Morgan fingerprint density at radius 1 is 1.38 bits per heavy atom. The van der Waals surface area contributed by atoms with Gasteiger partial charge in [-0.15, -0.1) is 0 Å². The predicted molar refractivity (Wildman–Crippen MR) is 65.6 cm³/mol. The van der Waals surface area contributed by atoms with Gasteiger partial charge in [0.15, 0.2) is 0 Å². The third-order valence-corrected chi connectivity index (χ3v) is 2.53. The number of hydrogen-bond donors (Lipinski definition) is 1. The normalized spacial score (nSPS) is 12.4. The summed E-state index contributed by atoms with van der Waals surface area (Å²) >= 11 is 0. The highest BCUT2D eigenvalue weighted by atomic mass is 16.5. The molecule has 0 fully saturated rings. The molecule has 0 aromatic heterocycles. The van der Waals surface area contributed by atoms with E-state index in [1.807, 2.05) is 31.2 Å². The van der Waals surface area contributed by atoms with E-state index in [0.29, 0.717) is 0 Å². The maximum absolute atomic E-state index is 6.09. The lowest BCUT2D eigenvalue weighted by Gasteiger charge is -2.12. The average Bonchev–Trinajstić information content (AvgIpc) is 2.34. The van der Waals surface area contributed by atoms with Gasteiger partial charge in [-0.05, 0) is 37.5 Å². The van der Waals surface area contributed by atoms with E-state index in [-0.39, 0.29) is 6.04 Å². The molecule has 0 saturated heterocycles. The highest BCUT2D eigenvalue weighted by molar-refractivity contribution is 5.30. The van der Waals surface area contributed by atoms with Crippen LogP contribution in [0.2, 0.25) is 0 Å². The fourth-order valence-electron chi connectivity index (χ4n) is 1.59. The van der Waals surface area contributed by atoms with E-state index in [1.165, 1.54) is 0 Å². The van der Waals surface area contributed by atoms with Gasteiger partial charge in [-0.3, -0.25) is 0 Å². The quantitative estimate of drug-likeness (QED) is 0.722. The Labute approximate surface area is 97.6 Å². The number of rotatable bonds is 7. The van der Waals surface area contributed by atoms with Crippen molar-refractivity contribution in [1.82, 2.24) is 0 Å². The SMILES string of the molecule is CCOCCCC(N)c1cccc(OC)c1. The monoisotopic (exact) mass is 223 g/mol. The van der Waals surface area contributed by atoms with Gasteiger partial charge in [-0.25, -0.2) is 0 Å². The summed E-state index contributed by atoms with van der Waals surface area (Å²) in [5.74, 6) is 0.859. The van der Waals surface area contributed by atoms with E-state index < -0.39 is 0 Å². The summed E-state index contributed by atoms with van der Waals surface area (Å²) in [6.45, 7) is 3.56. The first-order chi connectivity index (χ1) is 7.77. The van der Waals surface area contributed by atoms with Crippen LogP contribution >= 0.6 is 0 Å². The highest BCUT2D eigenvalue weighted by Gasteiger charge is 2.06. The molecule has 16 heavy (non-hydrogen) atoms. The summed E-state index contributed by atoms with van der Waals surface area (Å²) in [7, 11) is 1.67. The minimum absolute atomic E-state index is 0.0653. The molecule has 3 heteroatoms. The van der Waals surface area contributed by atoms with Crippen LogP contribution in [0.4, 0.5) is 0 Å². The lowest BCUT2D eigenvalue weighted by atomic mass is 10.0. The van der Waals surface area contributed by atoms with E-state index in [2.05, 4.69) is 0 Å². The predicted octanol–water partition coefficient (Wildman–Crippen LogP) is 2.51. The molecule has 1 aromatic carbocycles. The molecule has 0 saturated carbocycles. The molecule has 0 heterocycles. The molecule has 0 aliphatic rings. The minimum Gasteiger partial charge on any atom is -0.497 e. The number of methoxy groups -OCH3 is 1. The second kappa shape index (κ2) is 7.25. The first kappa shape index (κ1) is 13.0. The van der Waals surface area contributed by atoms with Crippen LogP contribution in [0.25, 0.3) is 0 Å². The highest BCUT2D eigenvalue weighted by Crippen LogP contribution is 2.20. The molecule has 1 aromatic rings. The van der Waals surface area contributed by atoms with Crippen molar-refractivity contribution in [2.24, 2.45) is 5.73 Å². The van der Waals surface area contributed by atoms with Crippen molar-refractivity contribution in [1.29, 1.82) is 0 Å². The van der Waals surface area contributed by atoms with Crippen molar-refractivity contribution in [2.45, 2.75) is 25.8 Å². The molecule has 1 rings (SSSR count). The summed E-state index contributed by atoms with van der Waals surface area (Å²) in [6.07, 6.45) is 1.93. The van der Waals surface area contributed by atoms with Gasteiger partial charge in [-0.1, -0.05) is 12.1 Å². The number of hydrogen-bond acceptors (Lipinski definition) is 3. The Morgan fingerprint density at radius 3 is 2.88 bits per heavy atom. The van der Waals surface area contributed by atoms with Crippen LogP contribution in [0.3, 0.4) is 0 Å². The number of nitrogens with two attached hydrogens (primary N) is 1. The molecular weight excluding hydrogens is 202 g/mol. The van der Waals surface area contributed by atoms with E-state index >= 15 is 0 Å². The maximum Gasteiger partial charge on any atom is 0.119 e. The average molecular weight is 223 g/mol. The second-order valence-electron chi connectivity index (χ2n) is 3.72. The zero-order valence-corrected chi connectivity index (χ0v) is 10.1. The zero-order chi connectivity index (χ0) is 11.8. The third-order valence-electron chi connectivity index (χ3n) is 2.53. The molecule has 1 unspecified atom stereocenters.